The summed E-state index contributed by atoms with van der Waals surface area (Å²) in [7, 11) is 0. The Hall–Kier alpha value is -1.55. The Balaban J connectivity index is 1.54. The average molecular weight is 260 g/mol. The van der Waals surface area contributed by atoms with Gasteiger partial charge in [-0.25, -0.2) is 0 Å². The minimum absolute atomic E-state index is 0.206. The molecule has 0 bridgehead atoms. The van der Waals surface area contributed by atoms with Crippen molar-refractivity contribution in [2.45, 2.75) is 19.4 Å². The van der Waals surface area contributed by atoms with E-state index in [4.69, 9.17) is 4.74 Å². The summed E-state index contributed by atoms with van der Waals surface area (Å²) in [6, 6.07) is 8.45. The van der Waals surface area contributed by atoms with Gasteiger partial charge in [0.25, 0.3) is 0 Å². The molecule has 1 aliphatic carbocycles. The quantitative estimate of drug-likeness (QED) is 0.893. The van der Waals surface area contributed by atoms with Gasteiger partial charge in [-0.15, -0.1) is 0 Å². The van der Waals surface area contributed by atoms with E-state index >= 15 is 0 Å². The highest BCUT2D eigenvalue weighted by atomic mass is 16.5. The molecule has 1 amide bonds. The molecule has 1 saturated carbocycles. The van der Waals surface area contributed by atoms with E-state index < -0.39 is 0 Å². The first-order valence-electron chi connectivity index (χ1n) is 7.02. The Morgan fingerprint density at radius 2 is 1.89 bits per heavy atom. The number of ether oxygens (including phenoxy) is 1. The number of nitrogens with zero attached hydrogens (tertiary/aromatic N) is 1. The van der Waals surface area contributed by atoms with Crippen LogP contribution in [0.3, 0.4) is 0 Å². The Kier molecular flexibility index (Phi) is 3.69. The zero-order chi connectivity index (χ0) is 13.1. The number of carbonyl (C=O) groups excluding carboxylic acids is 1. The van der Waals surface area contributed by atoms with Crippen LogP contribution in [-0.4, -0.2) is 32.2 Å². The van der Waals surface area contributed by atoms with Crippen LogP contribution in [-0.2, 0) is 16.1 Å². The Labute approximate surface area is 113 Å². The molecule has 102 valence electrons. The van der Waals surface area contributed by atoms with E-state index in [1.165, 1.54) is 5.69 Å². The number of morpholine rings is 1. The minimum Gasteiger partial charge on any atom is -0.378 e. The van der Waals surface area contributed by atoms with Gasteiger partial charge in [-0.05, 0) is 30.5 Å². The van der Waals surface area contributed by atoms with Crippen molar-refractivity contribution in [3.63, 3.8) is 0 Å². The standard InChI is InChI=1S/C15H20N2O2/c18-15(13-3-4-13)16-11-12-1-5-14(6-2-12)17-7-9-19-10-8-17/h1-2,5-6,13H,3-4,7-11H2,(H,16,18). The summed E-state index contributed by atoms with van der Waals surface area (Å²) in [6.07, 6.45) is 2.11. The fourth-order valence-corrected chi connectivity index (χ4v) is 2.33. The molecule has 1 aromatic rings. The number of carbonyl (C=O) groups is 1. The van der Waals surface area contributed by atoms with Gasteiger partial charge >= 0.3 is 0 Å². The molecule has 2 fully saturated rings. The summed E-state index contributed by atoms with van der Waals surface area (Å²) in [6.45, 7) is 4.16. The van der Waals surface area contributed by atoms with E-state index in [2.05, 4.69) is 34.5 Å². The molecule has 4 heteroatoms. The van der Waals surface area contributed by atoms with Crippen molar-refractivity contribution >= 4 is 11.6 Å². The van der Waals surface area contributed by atoms with E-state index in [-0.39, 0.29) is 11.8 Å². The van der Waals surface area contributed by atoms with Crippen molar-refractivity contribution in [1.29, 1.82) is 0 Å². The lowest BCUT2D eigenvalue weighted by Gasteiger charge is -2.28. The van der Waals surface area contributed by atoms with Crippen LogP contribution in [0.5, 0.6) is 0 Å². The zero-order valence-corrected chi connectivity index (χ0v) is 11.1. The first-order valence-corrected chi connectivity index (χ1v) is 7.02. The third kappa shape index (κ3) is 3.26. The second-order valence-corrected chi connectivity index (χ2v) is 5.26. The summed E-state index contributed by atoms with van der Waals surface area (Å²) >= 11 is 0. The maximum Gasteiger partial charge on any atom is 0.223 e. The summed E-state index contributed by atoms with van der Waals surface area (Å²) in [4.78, 5) is 13.9. The van der Waals surface area contributed by atoms with E-state index in [0.717, 1.165) is 44.7 Å². The molecular weight excluding hydrogens is 240 g/mol. The molecule has 0 atom stereocenters. The van der Waals surface area contributed by atoms with E-state index in [1.54, 1.807) is 0 Å². The second kappa shape index (κ2) is 5.61. The van der Waals surface area contributed by atoms with Gasteiger partial charge < -0.3 is 15.0 Å². The van der Waals surface area contributed by atoms with E-state index in [1.807, 2.05) is 0 Å². The average Bonchev–Trinajstić information content (AvgIpc) is 3.31. The molecule has 3 rings (SSSR count). The predicted octanol–water partition coefficient (Wildman–Crippen LogP) is 1.55. The summed E-state index contributed by atoms with van der Waals surface area (Å²) in [5.74, 6) is 0.491. The number of hydrogen-bond acceptors (Lipinski definition) is 3. The molecule has 1 aliphatic heterocycles. The van der Waals surface area contributed by atoms with Crippen molar-refractivity contribution in [3.8, 4) is 0 Å². The van der Waals surface area contributed by atoms with Gasteiger partial charge in [0.15, 0.2) is 0 Å². The van der Waals surface area contributed by atoms with Crippen LogP contribution in [0.4, 0.5) is 5.69 Å². The van der Waals surface area contributed by atoms with Gasteiger partial charge in [0, 0.05) is 31.2 Å². The van der Waals surface area contributed by atoms with Crippen LogP contribution in [0.25, 0.3) is 0 Å². The molecule has 0 spiro atoms. The topological polar surface area (TPSA) is 41.6 Å². The van der Waals surface area contributed by atoms with Crippen LogP contribution in [0.1, 0.15) is 18.4 Å². The Morgan fingerprint density at radius 3 is 2.53 bits per heavy atom. The van der Waals surface area contributed by atoms with Crippen molar-refractivity contribution in [2.24, 2.45) is 5.92 Å². The highest BCUT2D eigenvalue weighted by Crippen LogP contribution is 2.28. The van der Waals surface area contributed by atoms with Crippen LogP contribution >= 0.6 is 0 Å². The smallest absolute Gasteiger partial charge is 0.223 e. The van der Waals surface area contributed by atoms with Gasteiger partial charge in [0.1, 0.15) is 0 Å². The van der Waals surface area contributed by atoms with Crippen LogP contribution in [0.2, 0.25) is 0 Å². The molecule has 19 heavy (non-hydrogen) atoms. The summed E-state index contributed by atoms with van der Waals surface area (Å²) in [5, 5.41) is 2.99. The SMILES string of the molecule is O=C(NCc1ccc(N2CCOCC2)cc1)C1CC1. The molecule has 0 radical (unpaired) electrons. The largest absolute Gasteiger partial charge is 0.378 e. The minimum atomic E-state index is 0.206. The van der Waals surface area contributed by atoms with Crippen LogP contribution in [0.15, 0.2) is 24.3 Å². The first-order chi connectivity index (χ1) is 9.33. The number of nitrogens with one attached hydrogen (secondary N) is 1. The number of benzene rings is 1. The van der Waals surface area contributed by atoms with Crippen LogP contribution in [0, 0.1) is 5.92 Å². The lowest BCUT2D eigenvalue weighted by molar-refractivity contribution is -0.122. The number of rotatable bonds is 4. The molecule has 0 aromatic heterocycles. The number of hydrogen-bond donors (Lipinski definition) is 1. The summed E-state index contributed by atoms with van der Waals surface area (Å²) < 4.78 is 5.35. The van der Waals surface area contributed by atoms with Crippen molar-refractivity contribution in [3.05, 3.63) is 29.8 Å². The van der Waals surface area contributed by atoms with Crippen molar-refractivity contribution < 1.29 is 9.53 Å². The van der Waals surface area contributed by atoms with Crippen molar-refractivity contribution in [2.75, 3.05) is 31.2 Å². The molecule has 4 nitrogen and oxygen atoms in total. The van der Waals surface area contributed by atoms with Crippen molar-refractivity contribution in [1.82, 2.24) is 5.32 Å². The van der Waals surface area contributed by atoms with Gasteiger partial charge in [-0.2, -0.15) is 0 Å². The molecular formula is C15H20N2O2. The van der Waals surface area contributed by atoms with E-state index in [0.29, 0.717) is 6.54 Å². The fraction of sp³-hybridized carbons (Fsp3) is 0.533. The van der Waals surface area contributed by atoms with Gasteiger partial charge in [-0.3, -0.25) is 4.79 Å². The zero-order valence-electron chi connectivity index (χ0n) is 11.1. The predicted molar refractivity (Wildman–Crippen MR) is 74.0 cm³/mol. The lowest BCUT2D eigenvalue weighted by atomic mass is 10.2. The number of amides is 1. The fourth-order valence-electron chi connectivity index (χ4n) is 2.33. The van der Waals surface area contributed by atoms with E-state index in [9.17, 15) is 4.79 Å². The third-order valence-electron chi connectivity index (χ3n) is 3.73. The number of anilines is 1. The highest BCUT2D eigenvalue weighted by Gasteiger charge is 2.29. The van der Waals surface area contributed by atoms with Gasteiger partial charge in [0.05, 0.1) is 13.2 Å². The second-order valence-electron chi connectivity index (χ2n) is 5.26. The molecule has 1 N–H and O–H groups in total. The monoisotopic (exact) mass is 260 g/mol. The molecule has 0 unspecified atom stereocenters. The summed E-state index contributed by atoms with van der Waals surface area (Å²) in [5.41, 5.74) is 2.39. The molecule has 1 saturated heterocycles. The van der Waals surface area contributed by atoms with Crippen LogP contribution < -0.4 is 10.2 Å². The molecule has 2 aliphatic rings. The maximum atomic E-state index is 11.6. The van der Waals surface area contributed by atoms with Gasteiger partial charge in [0.2, 0.25) is 5.91 Å². The van der Waals surface area contributed by atoms with Gasteiger partial charge in [-0.1, -0.05) is 12.1 Å². The highest BCUT2D eigenvalue weighted by molar-refractivity contribution is 5.80. The third-order valence-corrected chi connectivity index (χ3v) is 3.73. The molecule has 1 aromatic carbocycles. The molecule has 1 heterocycles. The lowest BCUT2D eigenvalue weighted by Crippen LogP contribution is -2.36. The first kappa shape index (κ1) is 12.5. The normalized spacial score (nSPS) is 19.3. The maximum absolute atomic E-state index is 11.6. The Morgan fingerprint density at radius 1 is 1.21 bits per heavy atom. The Bertz CT molecular complexity index is 434.